The van der Waals surface area contributed by atoms with Gasteiger partial charge < -0.3 is 0 Å². The highest BCUT2D eigenvalue weighted by molar-refractivity contribution is 5.83. The molecule has 0 aromatic carbocycles. The molecule has 0 radical (unpaired) electrons. The Balaban J connectivity index is 1.78. The second-order valence-electron chi connectivity index (χ2n) is 8.06. The van der Waals surface area contributed by atoms with Crippen LogP contribution >= 0.6 is 0 Å². The van der Waals surface area contributed by atoms with E-state index in [1.807, 2.05) is 20.8 Å². The van der Waals surface area contributed by atoms with Crippen molar-refractivity contribution in [1.29, 1.82) is 0 Å². The predicted octanol–water partition coefficient (Wildman–Crippen LogP) is 5.54. The summed E-state index contributed by atoms with van der Waals surface area (Å²) >= 11 is 0. The first-order valence-corrected chi connectivity index (χ1v) is 8.63. The Bertz CT molecular complexity index is 372. The van der Waals surface area contributed by atoms with Gasteiger partial charge in [-0.25, -0.2) is 0 Å². The number of rotatable bonds is 5. The van der Waals surface area contributed by atoms with Crippen LogP contribution in [0, 0.1) is 23.2 Å². The number of allylic oxidation sites excluding steroid dienone is 2. The van der Waals surface area contributed by atoms with Crippen molar-refractivity contribution in [1.82, 2.24) is 0 Å². The van der Waals surface area contributed by atoms with E-state index < -0.39 is 0 Å². The molecular weight excluding hydrogens is 244 g/mol. The summed E-state index contributed by atoms with van der Waals surface area (Å²) in [5, 5.41) is 0. The van der Waals surface area contributed by atoms with Gasteiger partial charge in [0.25, 0.3) is 0 Å². The molecule has 0 unspecified atom stereocenters. The number of fused-ring (bicyclic) bond motifs is 1. The van der Waals surface area contributed by atoms with Crippen molar-refractivity contribution in [3.05, 3.63) is 11.6 Å². The molecule has 1 fully saturated rings. The van der Waals surface area contributed by atoms with E-state index in [9.17, 15) is 4.79 Å². The molecular formula is C19H32O. The van der Waals surface area contributed by atoms with Gasteiger partial charge in [0.05, 0.1) is 0 Å². The lowest BCUT2D eigenvalue weighted by Gasteiger charge is -2.30. The number of hydrogen-bond donors (Lipinski definition) is 0. The van der Waals surface area contributed by atoms with Crippen molar-refractivity contribution in [3.63, 3.8) is 0 Å². The van der Waals surface area contributed by atoms with Gasteiger partial charge in [-0.05, 0) is 49.9 Å². The summed E-state index contributed by atoms with van der Waals surface area (Å²) in [4.78, 5) is 12.0. The fraction of sp³-hybridized carbons (Fsp3) is 0.842. The highest BCUT2D eigenvalue weighted by Gasteiger charge is 2.33. The Hall–Kier alpha value is -0.590. The molecule has 0 spiro atoms. The summed E-state index contributed by atoms with van der Waals surface area (Å²) in [6.45, 7) is 8.48. The normalized spacial score (nSPS) is 27.9. The molecule has 0 amide bonds. The minimum Gasteiger partial charge on any atom is -0.299 e. The highest BCUT2D eigenvalue weighted by atomic mass is 16.1. The molecule has 0 aliphatic heterocycles. The quantitative estimate of drug-likeness (QED) is 0.602. The highest BCUT2D eigenvalue weighted by Crippen LogP contribution is 2.45. The zero-order valence-electron chi connectivity index (χ0n) is 13.9. The third-order valence-corrected chi connectivity index (χ3v) is 5.44. The topological polar surface area (TPSA) is 17.1 Å². The summed E-state index contributed by atoms with van der Waals surface area (Å²) in [6, 6.07) is 0. The Kier molecular flexibility index (Phi) is 5.09. The van der Waals surface area contributed by atoms with Crippen LogP contribution < -0.4 is 0 Å². The Morgan fingerprint density at radius 1 is 1.30 bits per heavy atom. The summed E-state index contributed by atoms with van der Waals surface area (Å²) in [5.74, 6) is 2.95. The van der Waals surface area contributed by atoms with E-state index in [4.69, 9.17) is 0 Å². The smallest absolute Gasteiger partial charge is 0.138 e. The molecule has 2 rings (SSSR count). The molecule has 0 N–H and O–H groups in total. The molecule has 3 atom stereocenters. The van der Waals surface area contributed by atoms with Crippen molar-refractivity contribution >= 4 is 5.78 Å². The average Bonchev–Trinajstić information content (AvgIpc) is 2.81. The van der Waals surface area contributed by atoms with E-state index in [-0.39, 0.29) is 5.41 Å². The molecule has 1 saturated carbocycles. The van der Waals surface area contributed by atoms with E-state index >= 15 is 0 Å². The lowest BCUT2D eigenvalue weighted by molar-refractivity contribution is -0.126. The number of ketones is 1. The molecule has 0 heterocycles. The Labute approximate surface area is 125 Å². The van der Waals surface area contributed by atoms with Gasteiger partial charge in [0.1, 0.15) is 5.78 Å². The molecule has 1 heteroatoms. The summed E-state index contributed by atoms with van der Waals surface area (Å²) < 4.78 is 0. The summed E-state index contributed by atoms with van der Waals surface area (Å²) in [5.41, 5.74) is 1.57. The fourth-order valence-corrected chi connectivity index (χ4v) is 4.04. The number of carbonyl (C=O) groups is 1. The number of Topliss-reactive ketones (excluding diaryl/α,β-unsaturated/α-hetero) is 1. The van der Waals surface area contributed by atoms with Gasteiger partial charge in [0.2, 0.25) is 0 Å². The van der Waals surface area contributed by atoms with Crippen LogP contribution in [-0.4, -0.2) is 5.78 Å². The van der Waals surface area contributed by atoms with Gasteiger partial charge in [-0.15, -0.1) is 0 Å². The molecule has 0 aromatic heterocycles. The third-order valence-electron chi connectivity index (χ3n) is 5.44. The van der Waals surface area contributed by atoms with E-state index in [1.165, 1.54) is 38.5 Å². The predicted molar refractivity (Wildman–Crippen MR) is 85.6 cm³/mol. The van der Waals surface area contributed by atoms with E-state index in [0.29, 0.717) is 11.7 Å². The van der Waals surface area contributed by atoms with Gasteiger partial charge in [0, 0.05) is 11.8 Å². The van der Waals surface area contributed by atoms with Gasteiger partial charge >= 0.3 is 0 Å². The molecule has 1 nitrogen and oxygen atoms in total. The zero-order chi connectivity index (χ0) is 14.8. The standard InChI is InChI=1S/C19H32O/c1-14(8-7-11-18(20)19(2,3)4)16-13-12-15-9-5-6-10-17(15)16/h13-15,17H,5-12H2,1-4H3/t14-,15-,17+/m1/s1. The second-order valence-corrected chi connectivity index (χ2v) is 8.06. The van der Waals surface area contributed by atoms with Gasteiger partial charge in [-0.3, -0.25) is 4.79 Å². The van der Waals surface area contributed by atoms with E-state index in [0.717, 1.165) is 24.7 Å². The van der Waals surface area contributed by atoms with Crippen molar-refractivity contribution in [2.45, 2.75) is 79.1 Å². The first kappa shape index (κ1) is 15.8. The van der Waals surface area contributed by atoms with Crippen molar-refractivity contribution in [2.75, 3.05) is 0 Å². The number of hydrogen-bond acceptors (Lipinski definition) is 1. The monoisotopic (exact) mass is 276 g/mol. The van der Waals surface area contributed by atoms with Crippen molar-refractivity contribution in [2.24, 2.45) is 23.2 Å². The number of carbonyl (C=O) groups excluding carboxylic acids is 1. The van der Waals surface area contributed by atoms with Crippen LogP contribution in [0.2, 0.25) is 0 Å². The van der Waals surface area contributed by atoms with Crippen LogP contribution in [0.1, 0.15) is 79.1 Å². The maximum atomic E-state index is 12.0. The molecule has 2 aliphatic rings. The third kappa shape index (κ3) is 3.74. The average molecular weight is 276 g/mol. The molecule has 2 aliphatic carbocycles. The van der Waals surface area contributed by atoms with Crippen LogP contribution in [0.5, 0.6) is 0 Å². The van der Waals surface area contributed by atoms with Crippen molar-refractivity contribution in [3.8, 4) is 0 Å². The minimum absolute atomic E-state index is 0.162. The van der Waals surface area contributed by atoms with Gasteiger partial charge in [-0.1, -0.05) is 52.2 Å². The van der Waals surface area contributed by atoms with Gasteiger partial charge in [-0.2, -0.15) is 0 Å². The molecule has 20 heavy (non-hydrogen) atoms. The van der Waals surface area contributed by atoms with Crippen LogP contribution in [0.15, 0.2) is 11.6 Å². The maximum absolute atomic E-state index is 12.0. The lowest BCUT2D eigenvalue weighted by Crippen LogP contribution is -2.21. The fourth-order valence-electron chi connectivity index (χ4n) is 4.04. The van der Waals surface area contributed by atoms with Crippen LogP contribution in [-0.2, 0) is 4.79 Å². The van der Waals surface area contributed by atoms with Crippen LogP contribution in [0.3, 0.4) is 0 Å². The van der Waals surface area contributed by atoms with E-state index in [1.54, 1.807) is 5.57 Å². The van der Waals surface area contributed by atoms with Crippen LogP contribution in [0.4, 0.5) is 0 Å². The zero-order valence-corrected chi connectivity index (χ0v) is 13.9. The second kappa shape index (κ2) is 6.45. The molecule has 0 aromatic rings. The van der Waals surface area contributed by atoms with Gasteiger partial charge in [0.15, 0.2) is 0 Å². The largest absolute Gasteiger partial charge is 0.299 e. The molecule has 0 saturated heterocycles. The first-order valence-electron chi connectivity index (χ1n) is 8.63. The SMILES string of the molecule is C[C@H](CCCC(=O)C(C)(C)C)C1=CC[C@H]2CCCC[C@H]12. The van der Waals surface area contributed by atoms with Crippen molar-refractivity contribution < 1.29 is 4.79 Å². The molecule has 114 valence electrons. The lowest BCUT2D eigenvalue weighted by atomic mass is 9.75. The maximum Gasteiger partial charge on any atom is 0.138 e. The minimum atomic E-state index is -0.162. The van der Waals surface area contributed by atoms with Crippen LogP contribution in [0.25, 0.3) is 0 Å². The Morgan fingerprint density at radius 3 is 2.70 bits per heavy atom. The van der Waals surface area contributed by atoms with E-state index in [2.05, 4.69) is 13.0 Å². The first-order chi connectivity index (χ1) is 9.39. The molecule has 0 bridgehead atoms. The summed E-state index contributed by atoms with van der Waals surface area (Å²) in [6.07, 6.45) is 12.6. The summed E-state index contributed by atoms with van der Waals surface area (Å²) in [7, 11) is 0. The Morgan fingerprint density at radius 2 is 2.00 bits per heavy atom.